The molecular weight excluding hydrogens is 300 g/mol. The van der Waals surface area contributed by atoms with Crippen LogP contribution in [0, 0.1) is 11.8 Å². The minimum atomic E-state index is -3.17. The zero-order valence-corrected chi connectivity index (χ0v) is 14.4. The molecule has 0 aromatic rings. The van der Waals surface area contributed by atoms with E-state index in [9.17, 15) is 13.2 Å². The van der Waals surface area contributed by atoms with Crippen molar-refractivity contribution in [2.45, 2.75) is 57.9 Å². The number of hydrogen-bond donors (Lipinski definition) is 0. The van der Waals surface area contributed by atoms with Crippen LogP contribution in [-0.4, -0.2) is 55.0 Å². The van der Waals surface area contributed by atoms with Crippen molar-refractivity contribution in [2.24, 2.45) is 11.8 Å². The van der Waals surface area contributed by atoms with Crippen LogP contribution in [0.5, 0.6) is 0 Å². The van der Waals surface area contributed by atoms with Crippen LogP contribution in [-0.2, 0) is 14.8 Å². The van der Waals surface area contributed by atoms with E-state index in [-0.39, 0.29) is 17.6 Å². The largest absolute Gasteiger partial charge is 0.339 e. The molecule has 3 aliphatic rings. The second-order valence-electron chi connectivity index (χ2n) is 7.03. The Morgan fingerprint density at radius 3 is 2.59 bits per heavy atom. The normalized spacial score (nSPS) is 33.7. The monoisotopic (exact) mass is 328 g/mol. The topological polar surface area (TPSA) is 57.7 Å². The third-order valence-corrected chi connectivity index (χ3v) is 7.63. The van der Waals surface area contributed by atoms with Crippen molar-refractivity contribution in [3.05, 3.63) is 0 Å². The maximum Gasteiger partial charge on any atom is 0.227 e. The van der Waals surface area contributed by atoms with Crippen LogP contribution in [0.4, 0.5) is 0 Å². The number of carbonyl (C=O) groups excluding carboxylic acids is 1. The standard InChI is InChI=1S/C16H28N2O3S/c1-2-22(20,21)17-10-5-7-14(12-17)16(19)18-11-9-13-6-3-4-8-15(13)18/h13-15H,2-12H2,1H3/t13-,14?,15-/m0/s1. The van der Waals surface area contributed by atoms with Crippen molar-refractivity contribution in [3.8, 4) is 0 Å². The summed E-state index contributed by atoms with van der Waals surface area (Å²) in [4.78, 5) is 15.0. The van der Waals surface area contributed by atoms with Crippen molar-refractivity contribution in [2.75, 3.05) is 25.4 Å². The Hall–Kier alpha value is -0.620. The summed E-state index contributed by atoms with van der Waals surface area (Å²) >= 11 is 0. The van der Waals surface area contributed by atoms with Gasteiger partial charge in [-0.15, -0.1) is 0 Å². The summed E-state index contributed by atoms with van der Waals surface area (Å²) in [5.74, 6) is 0.903. The van der Waals surface area contributed by atoms with E-state index in [4.69, 9.17) is 0 Å². The molecule has 126 valence electrons. The van der Waals surface area contributed by atoms with Crippen molar-refractivity contribution in [1.82, 2.24) is 9.21 Å². The number of amides is 1. The molecule has 3 atom stereocenters. The Morgan fingerprint density at radius 2 is 1.82 bits per heavy atom. The van der Waals surface area contributed by atoms with Gasteiger partial charge in [-0.25, -0.2) is 12.7 Å². The van der Waals surface area contributed by atoms with E-state index in [0.29, 0.717) is 25.0 Å². The Balaban J connectivity index is 1.67. The molecule has 2 aliphatic heterocycles. The zero-order valence-electron chi connectivity index (χ0n) is 13.5. The molecular formula is C16H28N2O3S. The summed E-state index contributed by atoms with van der Waals surface area (Å²) in [6, 6.07) is 0.430. The van der Waals surface area contributed by atoms with Gasteiger partial charge in [-0.05, 0) is 44.9 Å². The molecule has 0 bridgehead atoms. The van der Waals surface area contributed by atoms with Gasteiger partial charge in [0.1, 0.15) is 0 Å². The van der Waals surface area contributed by atoms with Crippen LogP contribution < -0.4 is 0 Å². The molecule has 3 rings (SSSR count). The molecule has 2 saturated heterocycles. The number of nitrogens with zero attached hydrogens (tertiary/aromatic N) is 2. The number of likely N-dealkylation sites (tertiary alicyclic amines) is 1. The highest BCUT2D eigenvalue weighted by atomic mass is 32.2. The summed E-state index contributed by atoms with van der Waals surface area (Å²) in [7, 11) is -3.17. The van der Waals surface area contributed by atoms with Gasteiger partial charge in [0.15, 0.2) is 0 Å². The second-order valence-corrected chi connectivity index (χ2v) is 9.29. The van der Waals surface area contributed by atoms with Gasteiger partial charge in [0.25, 0.3) is 0 Å². The van der Waals surface area contributed by atoms with E-state index in [1.165, 1.54) is 23.6 Å². The molecule has 0 aromatic heterocycles. The fourth-order valence-corrected chi connectivity index (χ4v) is 5.67. The lowest BCUT2D eigenvalue weighted by Gasteiger charge is -2.37. The molecule has 5 nitrogen and oxygen atoms in total. The molecule has 0 radical (unpaired) electrons. The summed E-state index contributed by atoms with van der Waals surface area (Å²) in [6.07, 6.45) is 7.71. The van der Waals surface area contributed by atoms with E-state index < -0.39 is 10.0 Å². The molecule has 3 fully saturated rings. The van der Waals surface area contributed by atoms with Gasteiger partial charge in [0.05, 0.1) is 11.7 Å². The van der Waals surface area contributed by atoms with Gasteiger partial charge in [-0.2, -0.15) is 0 Å². The van der Waals surface area contributed by atoms with Crippen LogP contribution in [0.15, 0.2) is 0 Å². The van der Waals surface area contributed by atoms with Gasteiger partial charge in [0.2, 0.25) is 15.9 Å². The molecule has 0 spiro atoms. The maximum absolute atomic E-state index is 12.9. The molecule has 0 N–H and O–H groups in total. The molecule has 22 heavy (non-hydrogen) atoms. The van der Waals surface area contributed by atoms with Gasteiger partial charge in [-0.3, -0.25) is 4.79 Å². The van der Waals surface area contributed by atoms with E-state index >= 15 is 0 Å². The molecule has 0 aromatic carbocycles. The maximum atomic E-state index is 12.9. The van der Waals surface area contributed by atoms with Crippen LogP contribution in [0.3, 0.4) is 0 Å². The third kappa shape index (κ3) is 3.04. The second kappa shape index (κ2) is 6.48. The molecule has 2 heterocycles. The number of piperidine rings is 1. The quantitative estimate of drug-likeness (QED) is 0.794. The number of sulfonamides is 1. The van der Waals surface area contributed by atoms with Crippen molar-refractivity contribution >= 4 is 15.9 Å². The fourth-order valence-electron chi connectivity index (χ4n) is 4.49. The SMILES string of the molecule is CCS(=O)(=O)N1CCCC(C(=O)N2CC[C@@H]3CCCC[C@@H]32)C1. The third-order valence-electron chi connectivity index (χ3n) is 5.78. The van der Waals surface area contributed by atoms with E-state index in [0.717, 1.165) is 32.2 Å². The predicted octanol–water partition coefficient (Wildman–Crippen LogP) is 1.84. The number of hydrogen-bond acceptors (Lipinski definition) is 3. The average molecular weight is 328 g/mol. The van der Waals surface area contributed by atoms with E-state index in [2.05, 4.69) is 4.90 Å². The summed E-state index contributed by atoms with van der Waals surface area (Å²) in [5, 5.41) is 0. The highest BCUT2D eigenvalue weighted by molar-refractivity contribution is 7.89. The van der Waals surface area contributed by atoms with Gasteiger partial charge in [-0.1, -0.05) is 12.8 Å². The highest BCUT2D eigenvalue weighted by Gasteiger charge is 2.41. The summed E-state index contributed by atoms with van der Waals surface area (Å²) < 4.78 is 25.7. The lowest BCUT2D eigenvalue weighted by atomic mass is 9.85. The van der Waals surface area contributed by atoms with Crippen LogP contribution in [0.25, 0.3) is 0 Å². The average Bonchev–Trinajstić information content (AvgIpc) is 2.98. The van der Waals surface area contributed by atoms with Gasteiger partial charge in [0, 0.05) is 25.7 Å². The molecule has 1 unspecified atom stereocenters. The lowest BCUT2D eigenvalue weighted by molar-refractivity contribution is -0.138. The van der Waals surface area contributed by atoms with Crippen molar-refractivity contribution in [1.29, 1.82) is 0 Å². The smallest absolute Gasteiger partial charge is 0.227 e. The first-order valence-electron chi connectivity index (χ1n) is 8.81. The number of rotatable bonds is 3. The first-order valence-corrected chi connectivity index (χ1v) is 10.4. The predicted molar refractivity (Wildman–Crippen MR) is 85.8 cm³/mol. The van der Waals surface area contributed by atoms with E-state index in [1.54, 1.807) is 6.92 Å². The first-order chi connectivity index (χ1) is 10.5. The minimum Gasteiger partial charge on any atom is -0.339 e. The Labute approximate surface area is 134 Å². The molecule has 1 aliphatic carbocycles. The van der Waals surface area contributed by atoms with E-state index in [1.807, 2.05) is 0 Å². The molecule has 1 amide bonds. The Morgan fingerprint density at radius 1 is 1.05 bits per heavy atom. The molecule has 1 saturated carbocycles. The van der Waals surface area contributed by atoms with Crippen LogP contribution in [0.2, 0.25) is 0 Å². The summed E-state index contributed by atoms with van der Waals surface area (Å²) in [6.45, 7) is 3.52. The number of carbonyl (C=O) groups is 1. The fraction of sp³-hybridized carbons (Fsp3) is 0.938. The van der Waals surface area contributed by atoms with Gasteiger partial charge >= 0.3 is 0 Å². The lowest BCUT2D eigenvalue weighted by Crippen LogP contribution is -2.49. The van der Waals surface area contributed by atoms with Gasteiger partial charge < -0.3 is 4.90 Å². The Kier molecular flexibility index (Phi) is 4.78. The van der Waals surface area contributed by atoms with Crippen molar-refractivity contribution < 1.29 is 13.2 Å². The van der Waals surface area contributed by atoms with Crippen LogP contribution in [0.1, 0.15) is 51.9 Å². The first kappa shape index (κ1) is 16.2. The summed E-state index contributed by atoms with van der Waals surface area (Å²) in [5.41, 5.74) is 0. The molecule has 6 heteroatoms. The van der Waals surface area contributed by atoms with Crippen molar-refractivity contribution in [3.63, 3.8) is 0 Å². The highest BCUT2D eigenvalue weighted by Crippen LogP contribution is 2.37. The minimum absolute atomic E-state index is 0.127. The van der Waals surface area contributed by atoms with Crippen LogP contribution >= 0.6 is 0 Å². The number of fused-ring (bicyclic) bond motifs is 1. The zero-order chi connectivity index (χ0) is 15.7. The Bertz CT molecular complexity index is 519.